The maximum atomic E-state index is 9.64. The number of aromatic amines is 1. The quantitative estimate of drug-likeness (QED) is 0.541. The number of H-pyrrole nitrogens is 1. The summed E-state index contributed by atoms with van der Waals surface area (Å²) in [5, 5.41) is 11.8. The molecule has 108 valence electrons. The summed E-state index contributed by atoms with van der Waals surface area (Å²) in [6.07, 6.45) is 5.57. The molecule has 0 spiro atoms. The first-order valence-electron chi connectivity index (χ1n) is 7.39. The number of pyridine rings is 1. The molecule has 0 radical (unpaired) electrons. The van der Waals surface area contributed by atoms with Gasteiger partial charge in [0, 0.05) is 39.8 Å². The minimum Gasteiger partial charge on any atom is -0.361 e. The fourth-order valence-corrected chi connectivity index (χ4v) is 2.86. The molecule has 0 bridgehead atoms. The first-order valence-corrected chi connectivity index (χ1v) is 7.39. The Hall–Kier alpha value is -3.38. The molecule has 2 aromatic heterocycles. The highest BCUT2D eigenvalue weighted by molar-refractivity contribution is 6.03. The molecule has 4 rings (SSSR count). The average Bonchev–Trinajstić information content (AvgIpc) is 3.04. The number of rotatable bonds is 2. The zero-order valence-corrected chi connectivity index (χ0v) is 12.3. The van der Waals surface area contributed by atoms with Crippen molar-refractivity contribution in [1.82, 2.24) is 9.97 Å². The summed E-state index contributed by atoms with van der Waals surface area (Å²) in [5.74, 6) is 0. The van der Waals surface area contributed by atoms with Crippen molar-refractivity contribution >= 4 is 33.5 Å². The predicted octanol–water partition coefficient (Wildman–Crippen LogP) is 4.78. The van der Waals surface area contributed by atoms with Crippen molar-refractivity contribution < 1.29 is 0 Å². The summed E-state index contributed by atoms with van der Waals surface area (Å²) in [5.41, 5.74) is 4.42. The molecule has 0 saturated carbocycles. The van der Waals surface area contributed by atoms with Gasteiger partial charge < -0.3 is 4.98 Å². The van der Waals surface area contributed by atoms with Gasteiger partial charge in [-0.05, 0) is 18.2 Å². The molecular weight excluding hydrogens is 282 g/mol. The second kappa shape index (κ2) is 5.43. The lowest BCUT2D eigenvalue weighted by atomic mass is 10.0. The second-order valence-electron chi connectivity index (χ2n) is 5.34. The molecule has 0 aliphatic rings. The molecule has 2 aromatic carbocycles. The van der Waals surface area contributed by atoms with E-state index in [1.807, 2.05) is 66.9 Å². The van der Waals surface area contributed by atoms with Crippen molar-refractivity contribution in [3.63, 3.8) is 0 Å². The van der Waals surface area contributed by atoms with E-state index in [0.29, 0.717) is 5.57 Å². The SMILES string of the molecule is N#C/C(=C\c1cccc2cccnc12)c1c[nH]c2ccccc12. The monoisotopic (exact) mass is 295 g/mol. The third-order valence-corrected chi connectivity index (χ3v) is 3.96. The molecule has 2 heterocycles. The fourth-order valence-electron chi connectivity index (χ4n) is 2.86. The summed E-state index contributed by atoms with van der Waals surface area (Å²) < 4.78 is 0. The highest BCUT2D eigenvalue weighted by Gasteiger charge is 2.09. The lowest BCUT2D eigenvalue weighted by Crippen LogP contribution is -1.85. The van der Waals surface area contributed by atoms with Crippen LogP contribution in [0.3, 0.4) is 0 Å². The minimum atomic E-state index is 0.626. The van der Waals surface area contributed by atoms with Gasteiger partial charge in [0.25, 0.3) is 0 Å². The van der Waals surface area contributed by atoms with Crippen LogP contribution in [0, 0.1) is 11.3 Å². The van der Waals surface area contributed by atoms with Crippen LogP contribution in [0.15, 0.2) is 67.0 Å². The Labute approximate surface area is 133 Å². The zero-order chi connectivity index (χ0) is 15.6. The Bertz CT molecular complexity index is 1080. The van der Waals surface area contributed by atoms with E-state index in [4.69, 9.17) is 0 Å². The van der Waals surface area contributed by atoms with E-state index < -0.39 is 0 Å². The third-order valence-electron chi connectivity index (χ3n) is 3.96. The molecule has 1 N–H and O–H groups in total. The molecule has 0 fully saturated rings. The van der Waals surface area contributed by atoms with Crippen molar-refractivity contribution in [3.05, 3.63) is 78.1 Å². The van der Waals surface area contributed by atoms with E-state index >= 15 is 0 Å². The number of benzene rings is 2. The number of allylic oxidation sites excluding steroid dienone is 1. The number of para-hydroxylation sites is 2. The van der Waals surface area contributed by atoms with Crippen molar-refractivity contribution in [1.29, 1.82) is 5.26 Å². The van der Waals surface area contributed by atoms with Gasteiger partial charge in [-0.1, -0.05) is 42.5 Å². The number of nitrogens with zero attached hydrogens (tertiary/aromatic N) is 2. The summed E-state index contributed by atoms with van der Waals surface area (Å²) in [6, 6.07) is 20.3. The number of hydrogen-bond acceptors (Lipinski definition) is 2. The van der Waals surface area contributed by atoms with E-state index in [1.165, 1.54) is 0 Å². The Morgan fingerprint density at radius 1 is 1.04 bits per heavy atom. The van der Waals surface area contributed by atoms with Crippen molar-refractivity contribution in [3.8, 4) is 6.07 Å². The van der Waals surface area contributed by atoms with E-state index in [2.05, 4.69) is 16.0 Å². The summed E-state index contributed by atoms with van der Waals surface area (Å²) >= 11 is 0. The Morgan fingerprint density at radius 3 is 2.83 bits per heavy atom. The number of fused-ring (bicyclic) bond motifs is 2. The Kier molecular flexibility index (Phi) is 3.14. The standard InChI is InChI=1S/C20H13N3/c21-12-16(18-13-23-19-9-2-1-8-17(18)19)11-15-6-3-5-14-7-4-10-22-20(14)15/h1-11,13,23H/b16-11+. The van der Waals surface area contributed by atoms with Crippen LogP contribution in [0.1, 0.15) is 11.1 Å². The van der Waals surface area contributed by atoms with Gasteiger partial charge in [-0.3, -0.25) is 4.98 Å². The molecule has 4 aromatic rings. The van der Waals surface area contributed by atoms with Gasteiger partial charge in [0.15, 0.2) is 0 Å². The normalized spacial score (nSPS) is 11.7. The number of nitriles is 1. The van der Waals surface area contributed by atoms with Crippen LogP contribution in [0.4, 0.5) is 0 Å². The van der Waals surface area contributed by atoms with Gasteiger partial charge in [0.05, 0.1) is 17.2 Å². The van der Waals surface area contributed by atoms with Crippen molar-refractivity contribution in [2.45, 2.75) is 0 Å². The summed E-state index contributed by atoms with van der Waals surface area (Å²) in [6.45, 7) is 0. The van der Waals surface area contributed by atoms with Gasteiger partial charge in [0.1, 0.15) is 0 Å². The van der Waals surface area contributed by atoms with Gasteiger partial charge in [-0.2, -0.15) is 5.26 Å². The van der Waals surface area contributed by atoms with E-state index in [-0.39, 0.29) is 0 Å². The first-order chi connectivity index (χ1) is 11.4. The van der Waals surface area contributed by atoms with E-state index in [9.17, 15) is 5.26 Å². The van der Waals surface area contributed by atoms with Gasteiger partial charge in [-0.15, -0.1) is 0 Å². The molecule has 0 aliphatic carbocycles. The summed E-state index contributed by atoms with van der Waals surface area (Å²) in [7, 11) is 0. The number of aromatic nitrogens is 2. The molecule has 3 heteroatoms. The first kappa shape index (κ1) is 13.3. The van der Waals surface area contributed by atoms with Crippen LogP contribution in [-0.2, 0) is 0 Å². The highest BCUT2D eigenvalue weighted by Crippen LogP contribution is 2.27. The average molecular weight is 295 g/mol. The lowest BCUT2D eigenvalue weighted by Gasteiger charge is -2.02. The van der Waals surface area contributed by atoms with Crippen LogP contribution in [0.2, 0.25) is 0 Å². The van der Waals surface area contributed by atoms with E-state index in [0.717, 1.165) is 32.9 Å². The molecule has 0 saturated heterocycles. The Morgan fingerprint density at radius 2 is 1.91 bits per heavy atom. The lowest BCUT2D eigenvalue weighted by molar-refractivity contribution is 1.40. The molecule has 3 nitrogen and oxygen atoms in total. The second-order valence-corrected chi connectivity index (χ2v) is 5.34. The number of hydrogen-bond donors (Lipinski definition) is 1. The molecule has 23 heavy (non-hydrogen) atoms. The maximum Gasteiger partial charge on any atom is 0.0998 e. The molecule has 0 aliphatic heterocycles. The van der Waals surface area contributed by atoms with Crippen LogP contribution in [-0.4, -0.2) is 9.97 Å². The van der Waals surface area contributed by atoms with Crippen molar-refractivity contribution in [2.24, 2.45) is 0 Å². The largest absolute Gasteiger partial charge is 0.361 e. The van der Waals surface area contributed by atoms with Crippen molar-refractivity contribution in [2.75, 3.05) is 0 Å². The number of nitrogens with one attached hydrogen (secondary N) is 1. The minimum absolute atomic E-state index is 0.626. The van der Waals surface area contributed by atoms with Gasteiger partial charge in [-0.25, -0.2) is 0 Å². The fraction of sp³-hybridized carbons (Fsp3) is 0. The molecule has 0 atom stereocenters. The molecule has 0 amide bonds. The maximum absolute atomic E-state index is 9.64. The van der Waals surface area contributed by atoms with Gasteiger partial charge >= 0.3 is 0 Å². The smallest absolute Gasteiger partial charge is 0.0998 e. The molecular formula is C20H13N3. The van der Waals surface area contributed by atoms with Gasteiger partial charge in [0.2, 0.25) is 0 Å². The summed E-state index contributed by atoms with van der Waals surface area (Å²) in [4.78, 5) is 7.67. The third kappa shape index (κ3) is 2.27. The highest BCUT2D eigenvalue weighted by atomic mass is 14.7. The zero-order valence-electron chi connectivity index (χ0n) is 12.3. The topological polar surface area (TPSA) is 52.5 Å². The van der Waals surface area contributed by atoms with Crippen LogP contribution >= 0.6 is 0 Å². The molecule has 0 unspecified atom stereocenters. The predicted molar refractivity (Wildman–Crippen MR) is 93.5 cm³/mol. The van der Waals surface area contributed by atoms with Crippen LogP contribution in [0.25, 0.3) is 33.5 Å². The van der Waals surface area contributed by atoms with Crippen LogP contribution < -0.4 is 0 Å². The van der Waals surface area contributed by atoms with Crippen LogP contribution in [0.5, 0.6) is 0 Å². The van der Waals surface area contributed by atoms with E-state index in [1.54, 1.807) is 6.20 Å². The Balaban J connectivity index is 1.93.